The van der Waals surface area contributed by atoms with Gasteiger partial charge in [-0.1, -0.05) is 6.92 Å². The van der Waals surface area contributed by atoms with Gasteiger partial charge in [0.05, 0.1) is 6.61 Å². The van der Waals surface area contributed by atoms with E-state index >= 15 is 0 Å². The second-order valence-corrected chi connectivity index (χ2v) is 4.61. The molecule has 116 valence electrons. The van der Waals surface area contributed by atoms with Crippen LogP contribution in [0, 0.1) is 0 Å². The monoisotopic (exact) mass is 294 g/mol. The SMILES string of the molecule is CCNc1nc(OCC)nc(N2CCNC(=O)C2CC)n1. The molecule has 2 N–H and O–H groups in total. The largest absolute Gasteiger partial charge is 0.464 e. The van der Waals surface area contributed by atoms with Crippen molar-refractivity contribution in [2.75, 3.05) is 36.5 Å². The first-order valence-corrected chi connectivity index (χ1v) is 7.36. The lowest BCUT2D eigenvalue weighted by Gasteiger charge is -2.34. The Morgan fingerprint density at radius 3 is 2.81 bits per heavy atom. The predicted molar refractivity (Wildman–Crippen MR) is 79.6 cm³/mol. The zero-order valence-corrected chi connectivity index (χ0v) is 12.7. The molecule has 1 unspecified atom stereocenters. The molecule has 0 spiro atoms. The van der Waals surface area contributed by atoms with Crippen LogP contribution in [-0.4, -0.2) is 53.1 Å². The van der Waals surface area contributed by atoms with Gasteiger partial charge in [-0.25, -0.2) is 0 Å². The maximum Gasteiger partial charge on any atom is 0.323 e. The van der Waals surface area contributed by atoms with Gasteiger partial charge in [-0.15, -0.1) is 0 Å². The molecule has 0 bridgehead atoms. The van der Waals surface area contributed by atoms with Gasteiger partial charge in [-0.2, -0.15) is 15.0 Å². The lowest BCUT2D eigenvalue weighted by atomic mass is 10.1. The first kappa shape index (κ1) is 15.3. The van der Waals surface area contributed by atoms with Gasteiger partial charge in [0, 0.05) is 19.6 Å². The van der Waals surface area contributed by atoms with E-state index in [0.29, 0.717) is 44.6 Å². The van der Waals surface area contributed by atoms with Gasteiger partial charge in [0.2, 0.25) is 17.8 Å². The summed E-state index contributed by atoms with van der Waals surface area (Å²) in [4.78, 5) is 26.8. The molecule has 8 heteroatoms. The average Bonchev–Trinajstić information content (AvgIpc) is 2.47. The summed E-state index contributed by atoms with van der Waals surface area (Å²) < 4.78 is 5.39. The Morgan fingerprint density at radius 1 is 1.33 bits per heavy atom. The highest BCUT2D eigenvalue weighted by molar-refractivity contribution is 5.85. The molecule has 1 amide bonds. The molecule has 1 aliphatic heterocycles. The fourth-order valence-electron chi connectivity index (χ4n) is 2.27. The van der Waals surface area contributed by atoms with E-state index in [9.17, 15) is 4.79 Å². The Hall–Kier alpha value is -2.12. The van der Waals surface area contributed by atoms with Gasteiger partial charge in [0.15, 0.2) is 0 Å². The third-order valence-corrected chi connectivity index (χ3v) is 3.19. The van der Waals surface area contributed by atoms with Crippen LogP contribution < -0.4 is 20.3 Å². The molecule has 0 aliphatic carbocycles. The Morgan fingerprint density at radius 2 is 2.14 bits per heavy atom. The highest BCUT2D eigenvalue weighted by Gasteiger charge is 2.30. The topological polar surface area (TPSA) is 92.3 Å². The summed E-state index contributed by atoms with van der Waals surface area (Å²) in [6.07, 6.45) is 0.692. The van der Waals surface area contributed by atoms with E-state index in [4.69, 9.17) is 4.74 Å². The van der Waals surface area contributed by atoms with Crippen molar-refractivity contribution in [1.29, 1.82) is 0 Å². The first-order chi connectivity index (χ1) is 10.2. The number of hydrogen-bond acceptors (Lipinski definition) is 7. The Balaban J connectivity index is 2.33. The smallest absolute Gasteiger partial charge is 0.323 e. The third-order valence-electron chi connectivity index (χ3n) is 3.19. The zero-order chi connectivity index (χ0) is 15.2. The molecule has 2 heterocycles. The molecule has 0 aromatic carbocycles. The van der Waals surface area contributed by atoms with Gasteiger partial charge in [0.25, 0.3) is 0 Å². The first-order valence-electron chi connectivity index (χ1n) is 7.36. The summed E-state index contributed by atoms with van der Waals surface area (Å²) in [6, 6.07) is 0.0180. The summed E-state index contributed by atoms with van der Waals surface area (Å²) >= 11 is 0. The van der Waals surface area contributed by atoms with Crippen LogP contribution in [0.2, 0.25) is 0 Å². The lowest BCUT2D eigenvalue weighted by molar-refractivity contribution is -0.123. The normalized spacial score (nSPS) is 18.3. The second-order valence-electron chi connectivity index (χ2n) is 4.61. The highest BCUT2D eigenvalue weighted by atomic mass is 16.5. The van der Waals surface area contributed by atoms with Crippen molar-refractivity contribution in [3.05, 3.63) is 0 Å². The molecule has 1 aliphatic rings. The lowest BCUT2D eigenvalue weighted by Crippen LogP contribution is -2.55. The van der Waals surface area contributed by atoms with Crippen molar-refractivity contribution < 1.29 is 9.53 Å². The van der Waals surface area contributed by atoms with E-state index in [2.05, 4.69) is 25.6 Å². The predicted octanol–water partition coefficient (Wildman–Crippen LogP) is 0.417. The van der Waals surface area contributed by atoms with Crippen LogP contribution in [0.4, 0.5) is 11.9 Å². The minimum Gasteiger partial charge on any atom is -0.464 e. The van der Waals surface area contributed by atoms with Crippen molar-refractivity contribution in [2.45, 2.75) is 33.2 Å². The molecule has 1 aromatic rings. The molecule has 8 nitrogen and oxygen atoms in total. The Kier molecular flexibility index (Phi) is 5.13. The zero-order valence-electron chi connectivity index (χ0n) is 12.7. The molecule has 0 radical (unpaired) electrons. The van der Waals surface area contributed by atoms with Gasteiger partial charge < -0.3 is 20.3 Å². The number of carbonyl (C=O) groups is 1. The minimum atomic E-state index is -0.259. The Bertz CT molecular complexity index is 471. The molecule has 1 aromatic heterocycles. The van der Waals surface area contributed by atoms with Crippen LogP contribution in [0.25, 0.3) is 0 Å². The second kappa shape index (κ2) is 7.05. The molecule has 0 saturated carbocycles. The van der Waals surface area contributed by atoms with Crippen molar-refractivity contribution >= 4 is 17.8 Å². The van der Waals surface area contributed by atoms with E-state index in [-0.39, 0.29) is 18.0 Å². The standard InChI is InChI=1S/C13H22N6O2/c1-4-9-10(20)15-7-8-19(9)12-16-11(14-5-2)17-13(18-12)21-6-3/h9H,4-8H2,1-3H3,(H,15,20)(H,14,16,17,18). The highest BCUT2D eigenvalue weighted by Crippen LogP contribution is 2.20. The number of anilines is 2. The minimum absolute atomic E-state index is 0.00660. The number of rotatable bonds is 6. The van der Waals surface area contributed by atoms with Crippen LogP contribution in [0.3, 0.4) is 0 Å². The van der Waals surface area contributed by atoms with Crippen LogP contribution in [0.5, 0.6) is 6.01 Å². The van der Waals surface area contributed by atoms with Gasteiger partial charge in [-0.3, -0.25) is 4.79 Å². The molecule has 1 atom stereocenters. The number of amides is 1. The summed E-state index contributed by atoms with van der Waals surface area (Å²) in [7, 11) is 0. The average molecular weight is 294 g/mol. The number of ether oxygens (including phenoxy) is 1. The van der Waals surface area contributed by atoms with Crippen LogP contribution in [0.15, 0.2) is 0 Å². The van der Waals surface area contributed by atoms with Crippen LogP contribution in [-0.2, 0) is 4.79 Å². The van der Waals surface area contributed by atoms with E-state index < -0.39 is 0 Å². The number of nitrogens with one attached hydrogen (secondary N) is 2. The summed E-state index contributed by atoms with van der Waals surface area (Å²) in [6.45, 7) is 8.25. The summed E-state index contributed by atoms with van der Waals surface area (Å²) in [5.41, 5.74) is 0. The molecular weight excluding hydrogens is 272 g/mol. The van der Waals surface area contributed by atoms with Crippen molar-refractivity contribution in [1.82, 2.24) is 20.3 Å². The molecule has 1 fully saturated rings. The van der Waals surface area contributed by atoms with E-state index in [1.54, 1.807) is 0 Å². The maximum atomic E-state index is 12.0. The molecule has 21 heavy (non-hydrogen) atoms. The molecule has 2 rings (SSSR count). The number of carbonyl (C=O) groups excluding carboxylic acids is 1. The molecular formula is C13H22N6O2. The number of aromatic nitrogens is 3. The summed E-state index contributed by atoms with van der Waals surface area (Å²) in [5.74, 6) is 0.949. The Labute approximate surface area is 124 Å². The fraction of sp³-hybridized carbons (Fsp3) is 0.692. The maximum absolute atomic E-state index is 12.0. The van der Waals surface area contributed by atoms with Crippen LogP contribution in [0.1, 0.15) is 27.2 Å². The van der Waals surface area contributed by atoms with Crippen molar-refractivity contribution in [3.63, 3.8) is 0 Å². The quantitative estimate of drug-likeness (QED) is 0.785. The van der Waals surface area contributed by atoms with Crippen molar-refractivity contribution in [3.8, 4) is 6.01 Å². The summed E-state index contributed by atoms with van der Waals surface area (Å²) in [5, 5.41) is 5.92. The number of hydrogen-bond donors (Lipinski definition) is 2. The van der Waals surface area contributed by atoms with E-state index in [1.165, 1.54) is 0 Å². The third kappa shape index (κ3) is 3.50. The van der Waals surface area contributed by atoms with Gasteiger partial charge in [0.1, 0.15) is 6.04 Å². The van der Waals surface area contributed by atoms with Crippen molar-refractivity contribution in [2.24, 2.45) is 0 Å². The van der Waals surface area contributed by atoms with Gasteiger partial charge in [-0.05, 0) is 20.3 Å². The van der Waals surface area contributed by atoms with Crippen LogP contribution >= 0.6 is 0 Å². The number of nitrogens with zero attached hydrogens (tertiary/aromatic N) is 4. The molecule has 1 saturated heterocycles. The van der Waals surface area contributed by atoms with Gasteiger partial charge >= 0.3 is 6.01 Å². The fourth-order valence-corrected chi connectivity index (χ4v) is 2.27. The van der Waals surface area contributed by atoms with E-state index in [0.717, 1.165) is 0 Å². The number of piperazine rings is 1. The van der Waals surface area contributed by atoms with E-state index in [1.807, 2.05) is 25.7 Å².